The van der Waals surface area contributed by atoms with E-state index in [1.165, 1.54) is 12.1 Å². The lowest BCUT2D eigenvalue weighted by Crippen LogP contribution is -2.45. The molecule has 138 valence electrons. The summed E-state index contributed by atoms with van der Waals surface area (Å²) in [4.78, 5) is 17.2. The van der Waals surface area contributed by atoms with Crippen LogP contribution < -0.4 is 0 Å². The van der Waals surface area contributed by atoms with E-state index in [0.717, 1.165) is 64.3 Å². The third-order valence-corrected chi connectivity index (χ3v) is 5.42. The first-order valence-electron chi connectivity index (χ1n) is 9.45. The molecule has 1 amide bonds. The van der Waals surface area contributed by atoms with Gasteiger partial charge in [-0.05, 0) is 42.9 Å². The maximum atomic E-state index is 13.0. The molecular formula is C20H29FN2O2. The van der Waals surface area contributed by atoms with E-state index < -0.39 is 0 Å². The first-order valence-corrected chi connectivity index (χ1v) is 9.45. The molecule has 1 aromatic carbocycles. The van der Waals surface area contributed by atoms with Crippen LogP contribution in [0.1, 0.15) is 25.3 Å². The van der Waals surface area contributed by atoms with Crippen LogP contribution in [0.5, 0.6) is 0 Å². The lowest BCUT2D eigenvalue weighted by molar-refractivity contribution is -0.136. The highest BCUT2D eigenvalue weighted by atomic mass is 19.1. The van der Waals surface area contributed by atoms with E-state index in [2.05, 4.69) is 4.90 Å². The standard InChI is InChI=1S/C20H29FN2O2/c1-16(14-17-2-4-19(21)5-3-17)20(24)23-8-6-18(7-9-23)15-22-10-12-25-13-11-22/h2-5,16,18H,6-15H2,1H3. The minimum atomic E-state index is -0.231. The Labute approximate surface area is 149 Å². The fourth-order valence-electron chi connectivity index (χ4n) is 3.86. The number of nitrogens with zero attached hydrogens (tertiary/aromatic N) is 2. The molecular weight excluding hydrogens is 319 g/mol. The van der Waals surface area contributed by atoms with Crippen LogP contribution in [0.2, 0.25) is 0 Å². The molecule has 2 heterocycles. The van der Waals surface area contributed by atoms with Gasteiger partial charge in [-0.15, -0.1) is 0 Å². The van der Waals surface area contributed by atoms with Crippen LogP contribution in [-0.4, -0.2) is 61.6 Å². The second kappa shape index (κ2) is 8.77. The summed E-state index contributed by atoms with van der Waals surface area (Å²) < 4.78 is 18.4. The minimum Gasteiger partial charge on any atom is -0.379 e. The zero-order chi connectivity index (χ0) is 17.6. The molecule has 1 unspecified atom stereocenters. The topological polar surface area (TPSA) is 32.8 Å². The van der Waals surface area contributed by atoms with Crippen LogP contribution in [-0.2, 0) is 16.0 Å². The van der Waals surface area contributed by atoms with Crippen molar-refractivity contribution in [2.45, 2.75) is 26.2 Å². The monoisotopic (exact) mass is 348 g/mol. The van der Waals surface area contributed by atoms with Crippen molar-refractivity contribution < 1.29 is 13.9 Å². The largest absolute Gasteiger partial charge is 0.379 e. The van der Waals surface area contributed by atoms with Gasteiger partial charge in [-0.1, -0.05) is 19.1 Å². The number of piperidine rings is 1. The summed E-state index contributed by atoms with van der Waals surface area (Å²) in [6.45, 7) is 8.60. The molecule has 0 spiro atoms. The summed E-state index contributed by atoms with van der Waals surface area (Å²) in [5.74, 6) is 0.634. The molecule has 4 nitrogen and oxygen atoms in total. The van der Waals surface area contributed by atoms with Gasteiger partial charge in [0, 0.05) is 38.6 Å². The van der Waals surface area contributed by atoms with Crippen LogP contribution >= 0.6 is 0 Å². The summed E-state index contributed by atoms with van der Waals surface area (Å²) in [6.07, 6.45) is 2.85. The van der Waals surface area contributed by atoms with Crippen molar-refractivity contribution in [2.24, 2.45) is 11.8 Å². The molecule has 1 atom stereocenters. The molecule has 2 saturated heterocycles. The molecule has 0 N–H and O–H groups in total. The van der Waals surface area contributed by atoms with Gasteiger partial charge in [0.25, 0.3) is 0 Å². The van der Waals surface area contributed by atoms with Crippen molar-refractivity contribution in [3.05, 3.63) is 35.6 Å². The number of benzene rings is 1. The normalized spacial score (nSPS) is 21.3. The molecule has 2 aliphatic heterocycles. The third-order valence-electron chi connectivity index (χ3n) is 5.42. The Morgan fingerprint density at radius 1 is 1.16 bits per heavy atom. The predicted molar refractivity (Wildman–Crippen MR) is 95.8 cm³/mol. The molecule has 0 aliphatic carbocycles. The zero-order valence-corrected chi connectivity index (χ0v) is 15.1. The van der Waals surface area contributed by atoms with Gasteiger partial charge in [0.1, 0.15) is 5.82 Å². The van der Waals surface area contributed by atoms with Crippen molar-refractivity contribution in [1.29, 1.82) is 0 Å². The predicted octanol–water partition coefficient (Wildman–Crippen LogP) is 2.58. The van der Waals surface area contributed by atoms with Crippen LogP contribution in [0.15, 0.2) is 24.3 Å². The second-order valence-electron chi connectivity index (χ2n) is 7.41. The smallest absolute Gasteiger partial charge is 0.225 e. The number of ether oxygens (including phenoxy) is 1. The van der Waals surface area contributed by atoms with E-state index in [4.69, 9.17) is 4.74 Å². The maximum absolute atomic E-state index is 13.0. The molecule has 0 radical (unpaired) electrons. The Morgan fingerprint density at radius 2 is 1.80 bits per heavy atom. The number of carbonyl (C=O) groups is 1. The summed E-state index contributed by atoms with van der Waals surface area (Å²) >= 11 is 0. The molecule has 2 aliphatic rings. The Bertz CT molecular complexity index is 549. The minimum absolute atomic E-state index is 0.0544. The fraction of sp³-hybridized carbons (Fsp3) is 0.650. The lowest BCUT2D eigenvalue weighted by atomic mass is 9.93. The van der Waals surface area contributed by atoms with Gasteiger partial charge in [0.2, 0.25) is 5.91 Å². The number of carbonyl (C=O) groups excluding carboxylic acids is 1. The number of rotatable bonds is 5. The van der Waals surface area contributed by atoms with Crippen LogP contribution in [0.3, 0.4) is 0 Å². The Hall–Kier alpha value is -1.46. The van der Waals surface area contributed by atoms with Gasteiger partial charge in [-0.2, -0.15) is 0 Å². The van der Waals surface area contributed by atoms with E-state index >= 15 is 0 Å². The van der Waals surface area contributed by atoms with Crippen molar-refractivity contribution in [3.63, 3.8) is 0 Å². The van der Waals surface area contributed by atoms with E-state index in [1.54, 1.807) is 12.1 Å². The van der Waals surface area contributed by atoms with Gasteiger partial charge in [-0.3, -0.25) is 9.69 Å². The first kappa shape index (κ1) is 18.3. The van der Waals surface area contributed by atoms with Gasteiger partial charge < -0.3 is 9.64 Å². The highest BCUT2D eigenvalue weighted by Gasteiger charge is 2.27. The second-order valence-corrected chi connectivity index (χ2v) is 7.41. The highest BCUT2D eigenvalue weighted by molar-refractivity contribution is 5.78. The number of amides is 1. The van der Waals surface area contributed by atoms with Crippen molar-refractivity contribution in [1.82, 2.24) is 9.80 Å². The number of hydrogen-bond acceptors (Lipinski definition) is 3. The maximum Gasteiger partial charge on any atom is 0.225 e. The molecule has 25 heavy (non-hydrogen) atoms. The molecule has 0 bridgehead atoms. The van der Waals surface area contributed by atoms with Gasteiger partial charge >= 0.3 is 0 Å². The average Bonchev–Trinajstić information content (AvgIpc) is 2.64. The fourth-order valence-corrected chi connectivity index (χ4v) is 3.86. The molecule has 1 aromatic rings. The van der Waals surface area contributed by atoms with Crippen LogP contribution in [0.4, 0.5) is 4.39 Å². The SMILES string of the molecule is CC(Cc1ccc(F)cc1)C(=O)N1CCC(CN2CCOCC2)CC1. The van der Waals surface area contributed by atoms with Crippen LogP contribution in [0, 0.1) is 17.7 Å². The third kappa shape index (κ3) is 5.25. The Morgan fingerprint density at radius 3 is 2.44 bits per heavy atom. The summed E-state index contributed by atoms with van der Waals surface area (Å²) in [5, 5.41) is 0. The summed E-state index contributed by atoms with van der Waals surface area (Å²) in [5.41, 5.74) is 1.02. The van der Waals surface area contributed by atoms with Crippen LogP contribution in [0.25, 0.3) is 0 Å². The van der Waals surface area contributed by atoms with Gasteiger partial charge in [0.15, 0.2) is 0 Å². The van der Waals surface area contributed by atoms with Gasteiger partial charge in [0.05, 0.1) is 13.2 Å². The van der Waals surface area contributed by atoms with Crippen molar-refractivity contribution >= 4 is 5.91 Å². The molecule has 0 aromatic heterocycles. The Kier molecular flexibility index (Phi) is 6.43. The molecule has 0 saturated carbocycles. The van der Waals surface area contributed by atoms with Crippen molar-refractivity contribution in [2.75, 3.05) is 45.9 Å². The van der Waals surface area contributed by atoms with E-state index in [-0.39, 0.29) is 17.6 Å². The van der Waals surface area contributed by atoms with Gasteiger partial charge in [-0.25, -0.2) is 4.39 Å². The lowest BCUT2D eigenvalue weighted by Gasteiger charge is -2.37. The first-order chi connectivity index (χ1) is 12.1. The van der Waals surface area contributed by atoms with E-state index in [9.17, 15) is 9.18 Å². The van der Waals surface area contributed by atoms with E-state index in [0.29, 0.717) is 12.3 Å². The molecule has 3 rings (SSSR count). The quantitative estimate of drug-likeness (QED) is 0.820. The highest BCUT2D eigenvalue weighted by Crippen LogP contribution is 2.21. The number of morpholine rings is 1. The summed E-state index contributed by atoms with van der Waals surface area (Å²) in [6, 6.07) is 6.47. The number of likely N-dealkylation sites (tertiary alicyclic amines) is 1. The molecule has 5 heteroatoms. The Balaban J connectivity index is 1.43. The van der Waals surface area contributed by atoms with Crippen molar-refractivity contribution in [3.8, 4) is 0 Å². The van der Waals surface area contributed by atoms with E-state index in [1.807, 2.05) is 11.8 Å². The molecule has 2 fully saturated rings. The average molecular weight is 348 g/mol. The number of hydrogen-bond donors (Lipinski definition) is 0. The zero-order valence-electron chi connectivity index (χ0n) is 15.1. The number of halogens is 1. The summed E-state index contributed by atoms with van der Waals surface area (Å²) in [7, 11) is 0.